The fourth-order valence-corrected chi connectivity index (χ4v) is 3.78. The molecule has 0 bridgehead atoms. The summed E-state index contributed by atoms with van der Waals surface area (Å²) in [4.78, 5) is 14.8. The predicted molar refractivity (Wildman–Crippen MR) is 83.2 cm³/mol. The first-order valence-corrected chi connectivity index (χ1v) is 8.00. The molecule has 3 heteroatoms. The fraction of sp³-hybridized carbons (Fsp3) is 0.562. The molecular weight excluding hydrogens is 254 g/mol. The Labute approximate surface area is 120 Å². The molecule has 1 aromatic rings. The zero-order chi connectivity index (χ0) is 14.0. The van der Waals surface area contributed by atoms with Crippen LogP contribution >= 0.6 is 11.8 Å². The summed E-state index contributed by atoms with van der Waals surface area (Å²) in [7, 11) is 0. The van der Waals surface area contributed by atoms with Crippen LogP contribution in [0.3, 0.4) is 0 Å². The zero-order valence-electron chi connectivity index (χ0n) is 12.3. The van der Waals surface area contributed by atoms with Gasteiger partial charge in [-0.05, 0) is 26.3 Å². The minimum absolute atomic E-state index is 0.253. The summed E-state index contributed by atoms with van der Waals surface area (Å²) < 4.78 is 0. The second-order valence-electron chi connectivity index (χ2n) is 5.53. The minimum atomic E-state index is 0.253. The van der Waals surface area contributed by atoms with Crippen molar-refractivity contribution in [3.8, 4) is 0 Å². The highest BCUT2D eigenvalue weighted by Gasteiger charge is 2.27. The van der Waals surface area contributed by atoms with Gasteiger partial charge in [0.05, 0.1) is 6.54 Å². The van der Waals surface area contributed by atoms with Gasteiger partial charge < -0.3 is 0 Å². The van der Waals surface area contributed by atoms with Crippen LogP contribution in [0.1, 0.15) is 35.3 Å². The van der Waals surface area contributed by atoms with E-state index < -0.39 is 0 Å². The number of carbonyl (C=O) groups excluding carboxylic acids is 1. The molecule has 104 valence electrons. The van der Waals surface area contributed by atoms with E-state index in [-0.39, 0.29) is 5.78 Å². The van der Waals surface area contributed by atoms with E-state index in [0.717, 1.165) is 23.4 Å². The SMILES string of the molecule is Cc1ccc(C(=O)CN2CCSC(C)C2C)c(C)c1. The predicted octanol–water partition coefficient (Wildman–Crippen LogP) is 3.31. The van der Waals surface area contributed by atoms with Crippen LogP contribution in [-0.2, 0) is 0 Å². The lowest BCUT2D eigenvalue weighted by atomic mass is 10.0. The van der Waals surface area contributed by atoms with Crippen molar-refractivity contribution in [1.82, 2.24) is 4.90 Å². The van der Waals surface area contributed by atoms with Crippen LogP contribution in [0.25, 0.3) is 0 Å². The van der Waals surface area contributed by atoms with Gasteiger partial charge in [0.2, 0.25) is 0 Å². The smallest absolute Gasteiger partial charge is 0.177 e. The molecule has 0 N–H and O–H groups in total. The molecule has 2 rings (SSSR count). The Morgan fingerprint density at radius 1 is 1.37 bits per heavy atom. The van der Waals surface area contributed by atoms with Crippen LogP contribution in [0.2, 0.25) is 0 Å². The Morgan fingerprint density at radius 2 is 2.11 bits per heavy atom. The quantitative estimate of drug-likeness (QED) is 0.791. The molecule has 2 unspecified atom stereocenters. The molecule has 0 radical (unpaired) electrons. The Hall–Kier alpha value is -0.800. The van der Waals surface area contributed by atoms with Gasteiger partial charge in [-0.15, -0.1) is 0 Å². The van der Waals surface area contributed by atoms with Crippen LogP contribution in [0.15, 0.2) is 18.2 Å². The van der Waals surface area contributed by atoms with Crippen LogP contribution in [-0.4, -0.2) is 40.8 Å². The van der Waals surface area contributed by atoms with Crippen LogP contribution in [0, 0.1) is 13.8 Å². The number of Topliss-reactive ketones (excluding diaryl/α,β-unsaturated/α-hetero) is 1. The van der Waals surface area contributed by atoms with Gasteiger partial charge in [0.25, 0.3) is 0 Å². The average molecular weight is 277 g/mol. The minimum Gasteiger partial charge on any atom is -0.293 e. The Kier molecular flexibility index (Phi) is 4.69. The molecule has 1 aliphatic heterocycles. The highest BCUT2D eigenvalue weighted by atomic mass is 32.2. The van der Waals surface area contributed by atoms with Gasteiger partial charge in [0.1, 0.15) is 0 Å². The molecule has 1 aromatic carbocycles. The number of rotatable bonds is 3. The van der Waals surface area contributed by atoms with Crippen molar-refractivity contribution < 1.29 is 4.79 Å². The van der Waals surface area contributed by atoms with Gasteiger partial charge in [-0.3, -0.25) is 9.69 Å². The fourth-order valence-electron chi connectivity index (χ4n) is 2.61. The van der Waals surface area contributed by atoms with Gasteiger partial charge in [-0.25, -0.2) is 0 Å². The summed E-state index contributed by atoms with van der Waals surface area (Å²) in [5, 5.41) is 0.612. The molecule has 2 nitrogen and oxygen atoms in total. The van der Waals surface area contributed by atoms with E-state index >= 15 is 0 Å². The molecule has 1 aliphatic rings. The van der Waals surface area contributed by atoms with Crippen molar-refractivity contribution in [2.45, 2.75) is 39.0 Å². The summed E-state index contributed by atoms with van der Waals surface area (Å²) in [6.45, 7) is 10.1. The molecule has 19 heavy (non-hydrogen) atoms. The van der Waals surface area contributed by atoms with Crippen molar-refractivity contribution in [3.05, 3.63) is 34.9 Å². The Balaban J connectivity index is 2.08. The van der Waals surface area contributed by atoms with E-state index in [1.807, 2.05) is 30.8 Å². The Morgan fingerprint density at radius 3 is 2.79 bits per heavy atom. The molecule has 2 atom stereocenters. The third-order valence-electron chi connectivity index (χ3n) is 4.04. The first kappa shape index (κ1) is 14.6. The monoisotopic (exact) mass is 277 g/mol. The van der Waals surface area contributed by atoms with Crippen molar-refractivity contribution in [2.24, 2.45) is 0 Å². The van der Waals surface area contributed by atoms with Crippen molar-refractivity contribution in [1.29, 1.82) is 0 Å². The van der Waals surface area contributed by atoms with E-state index in [1.165, 1.54) is 5.56 Å². The maximum Gasteiger partial charge on any atom is 0.177 e. The van der Waals surface area contributed by atoms with Gasteiger partial charge >= 0.3 is 0 Å². The summed E-state index contributed by atoms with van der Waals surface area (Å²) in [5.74, 6) is 1.38. The van der Waals surface area contributed by atoms with E-state index in [0.29, 0.717) is 17.8 Å². The van der Waals surface area contributed by atoms with Crippen LogP contribution in [0.5, 0.6) is 0 Å². The summed E-state index contributed by atoms with van der Waals surface area (Å²) >= 11 is 2.00. The van der Waals surface area contributed by atoms with Crippen molar-refractivity contribution in [2.75, 3.05) is 18.8 Å². The van der Waals surface area contributed by atoms with Crippen LogP contribution in [0.4, 0.5) is 0 Å². The standard InChI is InChI=1S/C16H23NOS/c1-11-5-6-15(12(2)9-11)16(18)10-17-7-8-19-14(4)13(17)3/h5-6,9,13-14H,7-8,10H2,1-4H3. The third kappa shape index (κ3) is 3.40. The third-order valence-corrected chi connectivity index (χ3v) is 5.38. The Bertz CT molecular complexity index is 472. The van der Waals surface area contributed by atoms with Gasteiger partial charge in [-0.2, -0.15) is 11.8 Å². The van der Waals surface area contributed by atoms with Gasteiger partial charge in [0, 0.05) is 29.2 Å². The number of ketones is 1. The lowest BCUT2D eigenvalue weighted by Gasteiger charge is -2.37. The van der Waals surface area contributed by atoms with Crippen molar-refractivity contribution in [3.63, 3.8) is 0 Å². The molecule has 1 saturated heterocycles. The second kappa shape index (κ2) is 6.10. The lowest BCUT2D eigenvalue weighted by molar-refractivity contribution is 0.0901. The molecule has 1 heterocycles. The molecule has 0 aromatic heterocycles. The molecule has 0 amide bonds. The van der Waals surface area contributed by atoms with E-state index in [4.69, 9.17) is 0 Å². The number of hydrogen-bond donors (Lipinski definition) is 0. The van der Waals surface area contributed by atoms with Crippen LogP contribution < -0.4 is 0 Å². The maximum absolute atomic E-state index is 12.4. The summed E-state index contributed by atoms with van der Waals surface area (Å²) in [5.41, 5.74) is 3.19. The summed E-state index contributed by atoms with van der Waals surface area (Å²) in [6.07, 6.45) is 0. The number of thioether (sulfide) groups is 1. The normalized spacial score (nSPS) is 24.4. The van der Waals surface area contributed by atoms with E-state index in [2.05, 4.69) is 31.7 Å². The topological polar surface area (TPSA) is 20.3 Å². The van der Waals surface area contributed by atoms with E-state index in [1.54, 1.807) is 0 Å². The van der Waals surface area contributed by atoms with Gasteiger partial charge in [-0.1, -0.05) is 30.7 Å². The molecule has 0 aliphatic carbocycles. The second-order valence-corrected chi connectivity index (χ2v) is 7.01. The highest BCUT2D eigenvalue weighted by Crippen LogP contribution is 2.24. The van der Waals surface area contributed by atoms with Crippen molar-refractivity contribution >= 4 is 17.5 Å². The molecule has 1 fully saturated rings. The number of aryl methyl sites for hydroxylation is 2. The number of carbonyl (C=O) groups is 1. The van der Waals surface area contributed by atoms with E-state index in [9.17, 15) is 4.79 Å². The zero-order valence-corrected chi connectivity index (χ0v) is 13.1. The maximum atomic E-state index is 12.4. The highest BCUT2D eigenvalue weighted by molar-refractivity contribution is 8.00. The number of benzene rings is 1. The lowest BCUT2D eigenvalue weighted by Crippen LogP contribution is -2.46. The molecular formula is C16H23NOS. The largest absolute Gasteiger partial charge is 0.293 e. The number of hydrogen-bond acceptors (Lipinski definition) is 3. The first-order valence-electron chi connectivity index (χ1n) is 6.95. The molecule has 0 spiro atoms. The first-order chi connectivity index (χ1) is 8.99. The summed E-state index contributed by atoms with van der Waals surface area (Å²) in [6, 6.07) is 6.57. The van der Waals surface area contributed by atoms with Gasteiger partial charge in [0.15, 0.2) is 5.78 Å². The number of nitrogens with zero attached hydrogens (tertiary/aromatic N) is 1. The average Bonchev–Trinajstić information content (AvgIpc) is 2.34. The molecule has 0 saturated carbocycles.